The van der Waals surface area contributed by atoms with Crippen LogP contribution in [0.1, 0.15) is 11.1 Å². The van der Waals surface area contributed by atoms with Gasteiger partial charge in [-0.1, -0.05) is 29.3 Å². The van der Waals surface area contributed by atoms with Crippen LogP contribution in [0, 0.1) is 6.92 Å². The van der Waals surface area contributed by atoms with Gasteiger partial charge in [0.1, 0.15) is 5.75 Å². The maximum atomic E-state index is 12.5. The third kappa shape index (κ3) is 3.89. The number of amides is 1. The number of hydrogen-bond acceptors (Lipinski definition) is 4. The second-order valence-corrected chi connectivity index (χ2v) is 7.04. The summed E-state index contributed by atoms with van der Waals surface area (Å²) in [6, 6.07) is 13.2. The van der Waals surface area contributed by atoms with E-state index in [1.54, 1.807) is 43.3 Å². The first-order valence-corrected chi connectivity index (χ1v) is 8.84. The minimum absolute atomic E-state index is 0.0992. The molecule has 3 rings (SSSR count). The van der Waals surface area contributed by atoms with Crippen LogP contribution in [0.4, 0.5) is 5.69 Å². The molecule has 0 aliphatic carbocycles. The minimum Gasteiger partial charge on any atom is -0.496 e. The highest BCUT2D eigenvalue weighted by atomic mass is 35.5. The van der Waals surface area contributed by atoms with E-state index in [-0.39, 0.29) is 5.91 Å². The van der Waals surface area contributed by atoms with Crippen LogP contribution in [-0.4, -0.2) is 30.1 Å². The molecule has 1 amide bonds. The summed E-state index contributed by atoms with van der Waals surface area (Å²) in [4.78, 5) is 19.2. The van der Waals surface area contributed by atoms with Crippen LogP contribution < -0.4 is 4.74 Å². The molecule has 0 spiro atoms. The van der Waals surface area contributed by atoms with E-state index in [1.165, 1.54) is 17.3 Å². The molecule has 1 aliphatic heterocycles. The van der Waals surface area contributed by atoms with E-state index in [1.807, 2.05) is 31.2 Å². The van der Waals surface area contributed by atoms with Gasteiger partial charge in [-0.2, -0.15) is 0 Å². The standard InChI is InChI=1S/C19H17ClN2O2S/c1-12-4-7-15(8-5-12)21-19-22(2)18(23)17(25-19)11-13-10-14(20)6-9-16(13)24-3/h4-11H,1-3H3/b17-11+,21-19?. The zero-order valence-corrected chi connectivity index (χ0v) is 15.7. The molecular weight excluding hydrogens is 356 g/mol. The number of amidine groups is 1. The lowest BCUT2D eigenvalue weighted by molar-refractivity contribution is -0.121. The van der Waals surface area contributed by atoms with Crippen LogP contribution in [0.5, 0.6) is 5.75 Å². The molecule has 2 aromatic rings. The number of halogens is 1. The summed E-state index contributed by atoms with van der Waals surface area (Å²) in [6.07, 6.45) is 1.78. The molecule has 0 N–H and O–H groups in total. The molecule has 0 bridgehead atoms. The Hall–Kier alpha value is -2.24. The van der Waals surface area contributed by atoms with E-state index in [0.717, 1.165) is 11.3 Å². The van der Waals surface area contributed by atoms with Crippen molar-refractivity contribution in [2.45, 2.75) is 6.92 Å². The van der Waals surface area contributed by atoms with E-state index in [9.17, 15) is 4.79 Å². The highest BCUT2D eigenvalue weighted by Crippen LogP contribution is 2.35. The summed E-state index contributed by atoms with van der Waals surface area (Å²) < 4.78 is 5.34. The van der Waals surface area contributed by atoms with Crippen molar-refractivity contribution in [1.82, 2.24) is 4.90 Å². The number of likely N-dealkylation sites (N-methyl/N-ethyl adjacent to an activating group) is 1. The Morgan fingerprint density at radius 1 is 1.20 bits per heavy atom. The molecule has 0 atom stereocenters. The predicted octanol–water partition coefficient (Wildman–Crippen LogP) is 4.89. The Balaban J connectivity index is 1.93. The van der Waals surface area contributed by atoms with Gasteiger partial charge in [-0.3, -0.25) is 9.69 Å². The third-order valence-corrected chi connectivity index (χ3v) is 5.04. The van der Waals surface area contributed by atoms with Gasteiger partial charge in [0.25, 0.3) is 5.91 Å². The molecule has 1 aliphatic rings. The Morgan fingerprint density at radius 3 is 2.60 bits per heavy atom. The average molecular weight is 373 g/mol. The van der Waals surface area contributed by atoms with Crippen LogP contribution >= 0.6 is 23.4 Å². The minimum atomic E-state index is -0.0992. The Labute approximate surface area is 156 Å². The molecule has 1 saturated heterocycles. The average Bonchev–Trinajstić information content (AvgIpc) is 2.85. The van der Waals surface area contributed by atoms with Crippen molar-refractivity contribution in [2.75, 3.05) is 14.2 Å². The predicted molar refractivity (Wildman–Crippen MR) is 105 cm³/mol. The number of hydrogen-bond donors (Lipinski definition) is 0. The van der Waals surface area contributed by atoms with Crippen LogP contribution in [0.3, 0.4) is 0 Å². The maximum Gasteiger partial charge on any atom is 0.266 e. The number of aryl methyl sites for hydroxylation is 1. The van der Waals surface area contributed by atoms with Crippen molar-refractivity contribution >= 4 is 46.2 Å². The van der Waals surface area contributed by atoms with Crippen molar-refractivity contribution in [3.63, 3.8) is 0 Å². The lowest BCUT2D eigenvalue weighted by Crippen LogP contribution is -2.23. The van der Waals surface area contributed by atoms with Crippen molar-refractivity contribution in [3.8, 4) is 5.75 Å². The van der Waals surface area contributed by atoms with Crippen molar-refractivity contribution in [1.29, 1.82) is 0 Å². The van der Waals surface area contributed by atoms with Crippen molar-refractivity contribution < 1.29 is 9.53 Å². The van der Waals surface area contributed by atoms with Crippen LogP contribution in [0.25, 0.3) is 6.08 Å². The van der Waals surface area contributed by atoms with E-state index >= 15 is 0 Å². The fraction of sp³-hybridized carbons (Fsp3) is 0.158. The molecule has 0 radical (unpaired) electrons. The molecule has 0 aromatic heterocycles. The maximum absolute atomic E-state index is 12.5. The van der Waals surface area contributed by atoms with Crippen LogP contribution in [0.2, 0.25) is 5.02 Å². The van der Waals surface area contributed by atoms with Gasteiger partial charge < -0.3 is 4.74 Å². The smallest absolute Gasteiger partial charge is 0.266 e. The van der Waals surface area contributed by atoms with Gasteiger partial charge in [-0.05, 0) is 55.1 Å². The topological polar surface area (TPSA) is 41.9 Å². The first-order chi connectivity index (χ1) is 12.0. The van der Waals surface area contributed by atoms with Gasteiger partial charge in [0.15, 0.2) is 5.17 Å². The number of aliphatic imine (C=N–C) groups is 1. The molecule has 25 heavy (non-hydrogen) atoms. The van der Waals surface area contributed by atoms with Gasteiger partial charge in [0, 0.05) is 17.6 Å². The molecule has 1 heterocycles. The summed E-state index contributed by atoms with van der Waals surface area (Å²) in [5.74, 6) is 0.565. The summed E-state index contributed by atoms with van der Waals surface area (Å²) in [7, 11) is 3.31. The highest BCUT2D eigenvalue weighted by Gasteiger charge is 2.30. The molecule has 4 nitrogen and oxygen atoms in total. The molecule has 1 fully saturated rings. The van der Waals surface area contributed by atoms with E-state index < -0.39 is 0 Å². The third-order valence-electron chi connectivity index (χ3n) is 3.74. The molecular formula is C19H17ClN2O2S. The quantitative estimate of drug-likeness (QED) is 0.720. The number of ether oxygens (including phenoxy) is 1. The first kappa shape index (κ1) is 17.6. The zero-order chi connectivity index (χ0) is 18.0. The van der Waals surface area contributed by atoms with Gasteiger partial charge in [-0.25, -0.2) is 4.99 Å². The summed E-state index contributed by atoms with van der Waals surface area (Å²) in [6.45, 7) is 2.02. The number of thioether (sulfide) groups is 1. The monoisotopic (exact) mass is 372 g/mol. The second-order valence-electron chi connectivity index (χ2n) is 5.59. The fourth-order valence-corrected chi connectivity index (χ4v) is 3.50. The lowest BCUT2D eigenvalue weighted by Gasteiger charge is -2.07. The number of carbonyl (C=O) groups is 1. The molecule has 0 saturated carbocycles. The summed E-state index contributed by atoms with van der Waals surface area (Å²) in [5.41, 5.74) is 2.74. The van der Waals surface area contributed by atoms with Crippen LogP contribution in [0.15, 0.2) is 52.4 Å². The summed E-state index contributed by atoms with van der Waals surface area (Å²) >= 11 is 7.40. The Bertz CT molecular complexity index is 875. The van der Waals surface area contributed by atoms with E-state index in [2.05, 4.69) is 4.99 Å². The van der Waals surface area contributed by atoms with Crippen molar-refractivity contribution in [3.05, 3.63) is 63.5 Å². The summed E-state index contributed by atoms with van der Waals surface area (Å²) in [5, 5.41) is 1.23. The van der Waals surface area contributed by atoms with Crippen LogP contribution in [-0.2, 0) is 4.79 Å². The first-order valence-electron chi connectivity index (χ1n) is 7.64. The molecule has 128 valence electrons. The lowest BCUT2D eigenvalue weighted by atomic mass is 10.2. The highest BCUT2D eigenvalue weighted by molar-refractivity contribution is 8.18. The Morgan fingerprint density at radius 2 is 1.92 bits per heavy atom. The number of nitrogens with zero attached hydrogens (tertiary/aromatic N) is 2. The zero-order valence-electron chi connectivity index (χ0n) is 14.1. The number of rotatable bonds is 3. The van der Waals surface area contributed by atoms with Gasteiger partial charge in [0.2, 0.25) is 0 Å². The molecule has 6 heteroatoms. The number of carbonyl (C=O) groups excluding carboxylic acids is 1. The largest absolute Gasteiger partial charge is 0.496 e. The molecule has 0 unspecified atom stereocenters. The Kier molecular flexibility index (Phi) is 5.16. The number of benzene rings is 2. The van der Waals surface area contributed by atoms with E-state index in [0.29, 0.717) is 20.8 Å². The van der Waals surface area contributed by atoms with Crippen molar-refractivity contribution in [2.24, 2.45) is 4.99 Å². The normalized spacial score (nSPS) is 17.6. The second kappa shape index (κ2) is 7.33. The SMILES string of the molecule is COc1ccc(Cl)cc1/C=C1/SC(=Nc2ccc(C)cc2)N(C)C1=O. The fourth-order valence-electron chi connectivity index (χ4n) is 2.34. The van der Waals surface area contributed by atoms with Gasteiger partial charge in [0.05, 0.1) is 17.7 Å². The van der Waals surface area contributed by atoms with E-state index in [4.69, 9.17) is 16.3 Å². The van der Waals surface area contributed by atoms with Gasteiger partial charge in [-0.15, -0.1) is 0 Å². The number of methoxy groups -OCH3 is 1. The van der Waals surface area contributed by atoms with Gasteiger partial charge >= 0.3 is 0 Å². The molecule has 2 aromatic carbocycles.